The van der Waals surface area contributed by atoms with Gasteiger partial charge in [-0.3, -0.25) is 9.59 Å². The number of carbonyl (C=O) groups is 5. The number of H-pyrrole nitrogens is 1. The molecule has 14 heteroatoms. The number of esters is 2. The molecular weight excluding hydrogens is 684 g/mol. The van der Waals surface area contributed by atoms with Crippen molar-refractivity contribution in [2.24, 2.45) is 0 Å². The summed E-state index contributed by atoms with van der Waals surface area (Å²) >= 11 is 0. The second-order valence-electron chi connectivity index (χ2n) is 12.0. The molecule has 0 saturated heterocycles. The molecule has 2 aliphatic rings. The molecule has 2 amide bonds. The van der Waals surface area contributed by atoms with Gasteiger partial charge in [-0.2, -0.15) is 0 Å². The van der Waals surface area contributed by atoms with Gasteiger partial charge in [-0.15, -0.1) is 0 Å². The summed E-state index contributed by atoms with van der Waals surface area (Å²) in [6.07, 6.45) is 7.16. The number of para-hydroxylation sites is 1. The summed E-state index contributed by atoms with van der Waals surface area (Å²) in [4.78, 5) is 70.5. The van der Waals surface area contributed by atoms with Gasteiger partial charge in [-0.1, -0.05) is 37.4 Å². The van der Waals surface area contributed by atoms with E-state index in [2.05, 4.69) is 28.8 Å². The number of rotatable bonds is 17. The highest BCUT2D eigenvalue weighted by Crippen LogP contribution is 2.48. The van der Waals surface area contributed by atoms with E-state index in [1.165, 1.54) is 26.4 Å². The number of hydrogen-bond acceptors (Lipinski definition) is 11. The maximum atomic E-state index is 14.0. The molecule has 3 aromatic rings. The van der Waals surface area contributed by atoms with E-state index in [1.54, 1.807) is 59.6 Å². The number of Topliss-reactive ketones (excluding diaryl/α,β-unsaturated/α-hetero) is 1. The summed E-state index contributed by atoms with van der Waals surface area (Å²) in [6, 6.07) is 12.0. The van der Waals surface area contributed by atoms with Crippen LogP contribution in [-0.4, -0.2) is 93.3 Å². The molecule has 0 aliphatic carbocycles. The first-order valence-corrected chi connectivity index (χ1v) is 17.0. The molecule has 278 valence electrons. The van der Waals surface area contributed by atoms with Crippen molar-refractivity contribution in [3.05, 3.63) is 108 Å². The normalized spacial score (nSPS) is 15.8. The van der Waals surface area contributed by atoms with Crippen LogP contribution in [0, 0.1) is 0 Å². The number of alkyl carbamates (subject to hydrolysis) is 1. The Hall–Kier alpha value is -6.31. The van der Waals surface area contributed by atoms with Crippen LogP contribution in [0.1, 0.15) is 34.5 Å². The molecule has 1 atom stereocenters. The number of carbonyl (C=O) groups excluding carboxylic acids is 5. The molecule has 3 N–H and O–H groups in total. The van der Waals surface area contributed by atoms with Gasteiger partial charge < -0.3 is 44.2 Å². The van der Waals surface area contributed by atoms with E-state index >= 15 is 0 Å². The fourth-order valence-corrected chi connectivity index (χ4v) is 6.40. The number of ketones is 1. The first-order valence-electron chi connectivity index (χ1n) is 17.0. The van der Waals surface area contributed by atoms with E-state index in [4.69, 9.17) is 23.7 Å². The minimum absolute atomic E-state index is 0.105. The minimum atomic E-state index is -1.81. The Morgan fingerprint density at radius 2 is 1.70 bits per heavy atom. The fourth-order valence-electron chi connectivity index (χ4n) is 6.40. The van der Waals surface area contributed by atoms with Gasteiger partial charge in [0.2, 0.25) is 5.54 Å². The van der Waals surface area contributed by atoms with Gasteiger partial charge in [0.15, 0.2) is 12.4 Å². The Bertz CT molecular complexity index is 1980. The number of aromatic amines is 1. The maximum Gasteiger partial charge on any atom is 0.407 e. The SMILES string of the molecule is C=CCOC(=O)NCCCCNC(=O)COc1ccc2[nH]c3c(c2c1)CCN1C=C(C(=O)c2ccccc2OCC=C)C=C(C(=O)OC)C31C(=O)OC. The average Bonchev–Trinajstić information content (AvgIpc) is 3.56. The molecule has 5 rings (SSSR count). The Kier molecular flexibility index (Phi) is 12.4. The predicted octanol–water partition coefficient (Wildman–Crippen LogP) is 4.03. The Labute approximate surface area is 306 Å². The van der Waals surface area contributed by atoms with Crippen LogP contribution in [0.25, 0.3) is 10.9 Å². The number of nitrogens with one attached hydrogen (secondary N) is 3. The number of amides is 2. The van der Waals surface area contributed by atoms with Crippen LogP contribution in [0.4, 0.5) is 4.79 Å². The van der Waals surface area contributed by atoms with Crippen LogP contribution in [0.2, 0.25) is 0 Å². The van der Waals surface area contributed by atoms with Gasteiger partial charge in [-0.25, -0.2) is 14.4 Å². The number of allylic oxidation sites excluding steroid dienone is 2. The first kappa shape index (κ1) is 37.9. The highest BCUT2D eigenvalue weighted by Gasteiger charge is 2.58. The molecule has 53 heavy (non-hydrogen) atoms. The van der Waals surface area contributed by atoms with Crippen LogP contribution < -0.4 is 20.1 Å². The molecular formula is C39H42N4O10. The van der Waals surface area contributed by atoms with E-state index in [0.717, 1.165) is 10.9 Å². The lowest BCUT2D eigenvalue weighted by atomic mass is 9.75. The maximum absolute atomic E-state index is 14.0. The van der Waals surface area contributed by atoms with Gasteiger partial charge in [0.1, 0.15) is 24.7 Å². The number of hydrogen-bond donors (Lipinski definition) is 3. The fraction of sp³-hybridized carbons (Fsp3) is 0.308. The van der Waals surface area contributed by atoms with E-state index < -0.39 is 29.4 Å². The summed E-state index contributed by atoms with van der Waals surface area (Å²) in [5.41, 5.74) is 0.284. The van der Waals surface area contributed by atoms with Gasteiger partial charge in [-0.05, 0) is 61.2 Å². The summed E-state index contributed by atoms with van der Waals surface area (Å²) in [6.45, 7) is 8.27. The van der Waals surface area contributed by atoms with Crippen molar-refractivity contribution < 1.29 is 47.7 Å². The molecule has 1 aromatic heterocycles. The second-order valence-corrected chi connectivity index (χ2v) is 12.0. The van der Waals surface area contributed by atoms with Crippen molar-refractivity contribution in [2.45, 2.75) is 24.8 Å². The van der Waals surface area contributed by atoms with E-state index in [9.17, 15) is 24.0 Å². The quantitative estimate of drug-likeness (QED) is 0.0603. The molecule has 2 aromatic carbocycles. The van der Waals surface area contributed by atoms with Crippen LogP contribution in [0.15, 0.2) is 91.2 Å². The number of benzene rings is 2. The van der Waals surface area contributed by atoms with Crippen LogP contribution in [0.5, 0.6) is 11.5 Å². The zero-order chi connectivity index (χ0) is 38.0. The monoisotopic (exact) mass is 726 g/mol. The lowest BCUT2D eigenvalue weighted by Gasteiger charge is -2.46. The summed E-state index contributed by atoms with van der Waals surface area (Å²) in [7, 11) is 2.43. The van der Waals surface area contributed by atoms with E-state index in [-0.39, 0.29) is 49.0 Å². The van der Waals surface area contributed by atoms with Crippen molar-refractivity contribution in [1.82, 2.24) is 20.5 Å². The minimum Gasteiger partial charge on any atom is -0.489 e. The van der Waals surface area contributed by atoms with Gasteiger partial charge in [0.25, 0.3) is 5.91 Å². The molecule has 0 bridgehead atoms. The molecule has 0 fully saturated rings. The summed E-state index contributed by atoms with van der Waals surface area (Å²) < 4.78 is 26.9. The van der Waals surface area contributed by atoms with Crippen molar-refractivity contribution >= 4 is 40.6 Å². The van der Waals surface area contributed by atoms with Crippen molar-refractivity contribution in [1.29, 1.82) is 0 Å². The second kappa shape index (κ2) is 17.3. The average molecular weight is 727 g/mol. The molecule has 2 aliphatic heterocycles. The molecule has 0 saturated carbocycles. The van der Waals surface area contributed by atoms with Crippen LogP contribution >= 0.6 is 0 Å². The van der Waals surface area contributed by atoms with Crippen LogP contribution in [0.3, 0.4) is 0 Å². The number of unbranched alkanes of at least 4 members (excludes halogenated alkanes) is 1. The number of ether oxygens (including phenoxy) is 5. The van der Waals surface area contributed by atoms with Crippen molar-refractivity contribution in [2.75, 3.05) is 53.7 Å². The Balaban J connectivity index is 1.37. The molecule has 0 spiro atoms. The standard InChI is InChI=1S/C39H42N4O10/c1-5-19-51-32-12-8-7-11-28(32)34(45)25-21-30(36(46)49-3)39(37(47)50-4)35-27(15-18-43(39)23-25)29-22-26(13-14-31(29)42-35)53-24-33(44)40-16-9-10-17-41-38(48)52-20-6-2/h5-8,11-14,21-23,42H,1-2,9-10,15-20,24H2,3-4H3,(H,40,44)(H,41,48). The smallest absolute Gasteiger partial charge is 0.407 e. The third-order valence-electron chi connectivity index (χ3n) is 8.79. The lowest BCUT2D eigenvalue weighted by molar-refractivity contribution is -0.156. The first-order chi connectivity index (χ1) is 25.7. The molecule has 14 nitrogen and oxygen atoms in total. The molecule has 0 radical (unpaired) electrons. The zero-order valence-corrected chi connectivity index (χ0v) is 29.7. The lowest BCUT2D eigenvalue weighted by Crippen LogP contribution is -2.58. The van der Waals surface area contributed by atoms with Gasteiger partial charge in [0, 0.05) is 42.3 Å². The largest absolute Gasteiger partial charge is 0.489 e. The van der Waals surface area contributed by atoms with Crippen molar-refractivity contribution in [3.8, 4) is 11.5 Å². The van der Waals surface area contributed by atoms with E-state index in [1.807, 2.05) is 0 Å². The van der Waals surface area contributed by atoms with Gasteiger partial charge in [0.05, 0.1) is 31.1 Å². The van der Waals surface area contributed by atoms with Gasteiger partial charge >= 0.3 is 18.0 Å². The number of nitrogens with zero attached hydrogens (tertiary/aromatic N) is 1. The van der Waals surface area contributed by atoms with Crippen molar-refractivity contribution in [3.63, 3.8) is 0 Å². The topological polar surface area (TPSA) is 175 Å². The van der Waals surface area contributed by atoms with Crippen LogP contribution in [-0.2, 0) is 40.6 Å². The molecule has 3 heterocycles. The molecule has 1 unspecified atom stereocenters. The Morgan fingerprint density at radius 1 is 0.943 bits per heavy atom. The zero-order valence-electron chi connectivity index (χ0n) is 29.7. The third kappa shape index (κ3) is 7.96. The predicted molar refractivity (Wildman–Crippen MR) is 194 cm³/mol. The number of fused-ring (bicyclic) bond motifs is 5. The number of aromatic nitrogens is 1. The Morgan fingerprint density at radius 3 is 2.43 bits per heavy atom. The number of methoxy groups -OCH3 is 2. The summed E-state index contributed by atoms with van der Waals surface area (Å²) in [5.74, 6) is -1.55. The highest BCUT2D eigenvalue weighted by molar-refractivity contribution is 6.15. The highest BCUT2D eigenvalue weighted by atomic mass is 16.5. The van der Waals surface area contributed by atoms with E-state index in [0.29, 0.717) is 55.1 Å². The summed E-state index contributed by atoms with van der Waals surface area (Å²) in [5, 5.41) is 6.14. The third-order valence-corrected chi connectivity index (χ3v) is 8.79.